The smallest absolute Gasteiger partial charge is 0.147 e. The van der Waals surface area contributed by atoms with E-state index in [0.717, 1.165) is 10.7 Å². The molecule has 1 heterocycles. The van der Waals surface area contributed by atoms with Gasteiger partial charge in [0.25, 0.3) is 0 Å². The molecule has 1 N–H and O–H groups in total. The van der Waals surface area contributed by atoms with E-state index in [0.29, 0.717) is 5.56 Å². The van der Waals surface area contributed by atoms with E-state index in [1.807, 2.05) is 12.1 Å². The molecule has 1 atom stereocenters. The van der Waals surface area contributed by atoms with Crippen molar-refractivity contribution in [3.05, 3.63) is 64.1 Å². The number of rotatable bonds is 2. The molecule has 0 bridgehead atoms. The maximum Gasteiger partial charge on any atom is 0.147 e. The Morgan fingerprint density at radius 2 is 1.88 bits per heavy atom. The summed E-state index contributed by atoms with van der Waals surface area (Å²) in [5, 5.41) is 10.4. The molecule has 0 saturated heterocycles. The Morgan fingerprint density at radius 3 is 2.47 bits per heavy atom. The summed E-state index contributed by atoms with van der Waals surface area (Å²) in [6.07, 6.45) is 2.56. The molecule has 0 radical (unpaired) electrons. The highest BCUT2D eigenvalue weighted by atomic mass is 79.9. The van der Waals surface area contributed by atoms with Gasteiger partial charge in [0.2, 0.25) is 0 Å². The van der Waals surface area contributed by atoms with Crippen LogP contribution in [0, 0.1) is 5.82 Å². The van der Waals surface area contributed by atoms with Gasteiger partial charge in [0, 0.05) is 16.2 Å². The van der Waals surface area contributed by atoms with Gasteiger partial charge in [-0.2, -0.15) is 0 Å². The van der Waals surface area contributed by atoms with Crippen LogP contribution < -0.4 is 0 Å². The van der Waals surface area contributed by atoms with Crippen LogP contribution in [-0.4, -0.2) is 10.1 Å². The van der Waals surface area contributed by atoms with Gasteiger partial charge >= 0.3 is 0 Å². The van der Waals surface area contributed by atoms with Gasteiger partial charge < -0.3 is 5.11 Å². The first kappa shape index (κ1) is 12.2. The Balaban J connectivity index is 2.49. The summed E-state index contributed by atoms with van der Waals surface area (Å²) in [5.41, 5.74) is -0.520. The van der Waals surface area contributed by atoms with Crippen molar-refractivity contribution in [2.45, 2.75) is 12.5 Å². The van der Waals surface area contributed by atoms with Crippen LogP contribution in [0.15, 0.2) is 47.2 Å². The normalized spacial score (nSPS) is 14.4. The molecule has 0 aliphatic rings. The van der Waals surface area contributed by atoms with Crippen LogP contribution in [0.2, 0.25) is 0 Å². The zero-order chi connectivity index (χ0) is 12.5. The van der Waals surface area contributed by atoms with Crippen molar-refractivity contribution in [1.82, 2.24) is 4.98 Å². The molecule has 1 aromatic heterocycles. The van der Waals surface area contributed by atoms with Gasteiger partial charge in [-0.15, -0.1) is 0 Å². The number of benzene rings is 1. The van der Waals surface area contributed by atoms with E-state index in [1.165, 1.54) is 12.3 Å². The number of hydrogen-bond acceptors (Lipinski definition) is 2. The minimum atomic E-state index is -1.37. The Bertz CT molecular complexity index is 525. The average Bonchev–Trinajstić information content (AvgIpc) is 2.30. The average molecular weight is 296 g/mol. The number of nitrogens with zero attached hydrogens (tertiary/aromatic N) is 1. The summed E-state index contributed by atoms with van der Waals surface area (Å²) >= 11 is 3.32. The van der Waals surface area contributed by atoms with Crippen LogP contribution in [0.1, 0.15) is 18.1 Å². The molecule has 1 unspecified atom stereocenters. The Labute approximate surface area is 107 Å². The summed E-state index contributed by atoms with van der Waals surface area (Å²) in [6, 6.07) is 8.61. The van der Waals surface area contributed by atoms with E-state index in [2.05, 4.69) is 20.9 Å². The van der Waals surface area contributed by atoms with Crippen LogP contribution in [-0.2, 0) is 5.60 Å². The summed E-state index contributed by atoms with van der Waals surface area (Å²) in [4.78, 5) is 3.67. The lowest BCUT2D eigenvalue weighted by Crippen LogP contribution is -2.24. The van der Waals surface area contributed by atoms with Crippen LogP contribution in [0.5, 0.6) is 0 Å². The fourth-order valence-corrected chi connectivity index (χ4v) is 1.96. The van der Waals surface area contributed by atoms with Gasteiger partial charge in [-0.25, -0.2) is 4.39 Å². The second-order valence-electron chi connectivity index (χ2n) is 3.93. The first-order chi connectivity index (χ1) is 8.01. The lowest BCUT2D eigenvalue weighted by Gasteiger charge is -2.24. The third-order valence-corrected chi connectivity index (χ3v) is 3.23. The summed E-state index contributed by atoms with van der Waals surface area (Å²) < 4.78 is 14.5. The molecule has 0 saturated carbocycles. The summed E-state index contributed by atoms with van der Waals surface area (Å²) in [5.74, 6) is -0.514. The molecule has 2 rings (SSSR count). The molecular weight excluding hydrogens is 285 g/mol. The zero-order valence-electron chi connectivity index (χ0n) is 9.19. The van der Waals surface area contributed by atoms with E-state index in [1.54, 1.807) is 19.1 Å². The predicted octanol–water partition coefficient (Wildman–Crippen LogP) is 3.24. The molecule has 2 nitrogen and oxygen atoms in total. The zero-order valence-corrected chi connectivity index (χ0v) is 10.8. The van der Waals surface area contributed by atoms with Crippen LogP contribution >= 0.6 is 15.9 Å². The van der Waals surface area contributed by atoms with Crippen molar-refractivity contribution in [1.29, 1.82) is 0 Å². The van der Waals surface area contributed by atoms with E-state index in [9.17, 15) is 9.50 Å². The molecule has 0 aliphatic heterocycles. The Kier molecular flexibility index (Phi) is 3.26. The number of aromatic nitrogens is 1. The maximum absolute atomic E-state index is 13.6. The van der Waals surface area contributed by atoms with Gasteiger partial charge in [0.1, 0.15) is 11.4 Å². The molecule has 0 aliphatic carbocycles. The standard InChI is InChI=1S/C13H11BrFNO/c1-13(17,9-2-4-10(14)5-3-9)11-6-7-16-8-12(11)15/h2-8,17H,1H3. The molecular formula is C13H11BrFNO. The van der Waals surface area contributed by atoms with Gasteiger partial charge in [-0.3, -0.25) is 4.98 Å². The third-order valence-electron chi connectivity index (χ3n) is 2.70. The number of halogens is 2. The molecule has 1 aromatic carbocycles. The lowest BCUT2D eigenvalue weighted by molar-refractivity contribution is 0.0978. The van der Waals surface area contributed by atoms with Crippen molar-refractivity contribution in [3.63, 3.8) is 0 Å². The monoisotopic (exact) mass is 295 g/mol. The van der Waals surface area contributed by atoms with Crippen molar-refractivity contribution in [3.8, 4) is 0 Å². The van der Waals surface area contributed by atoms with Crippen molar-refractivity contribution >= 4 is 15.9 Å². The van der Waals surface area contributed by atoms with Crippen molar-refractivity contribution < 1.29 is 9.50 Å². The van der Waals surface area contributed by atoms with Crippen molar-refractivity contribution in [2.75, 3.05) is 0 Å². The molecule has 17 heavy (non-hydrogen) atoms. The number of hydrogen-bond donors (Lipinski definition) is 1. The molecule has 2 aromatic rings. The van der Waals surface area contributed by atoms with E-state index < -0.39 is 11.4 Å². The van der Waals surface area contributed by atoms with Crippen molar-refractivity contribution in [2.24, 2.45) is 0 Å². The second-order valence-corrected chi connectivity index (χ2v) is 4.85. The molecule has 88 valence electrons. The quantitative estimate of drug-likeness (QED) is 0.923. The third kappa shape index (κ3) is 2.37. The van der Waals surface area contributed by atoms with Gasteiger partial charge in [0.05, 0.1) is 6.20 Å². The highest BCUT2D eigenvalue weighted by Crippen LogP contribution is 2.31. The first-order valence-electron chi connectivity index (χ1n) is 5.10. The van der Waals surface area contributed by atoms with Gasteiger partial charge in [0.15, 0.2) is 0 Å². The molecule has 4 heteroatoms. The number of pyridine rings is 1. The summed E-state index contributed by atoms with van der Waals surface area (Å²) in [7, 11) is 0. The second kappa shape index (κ2) is 4.55. The Hall–Kier alpha value is -1.26. The molecule has 0 amide bonds. The SMILES string of the molecule is CC(O)(c1ccc(Br)cc1)c1ccncc1F. The van der Waals surface area contributed by atoms with Crippen LogP contribution in [0.25, 0.3) is 0 Å². The Morgan fingerprint density at radius 1 is 1.24 bits per heavy atom. The van der Waals surface area contributed by atoms with Crippen LogP contribution in [0.4, 0.5) is 4.39 Å². The van der Waals surface area contributed by atoms with E-state index >= 15 is 0 Å². The molecule has 0 spiro atoms. The van der Waals surface area contributed by atoms with Gasteiger partial charge in [-0.1, -0.05) is 28.1 Å². The predicted molar refractivity (Wildman–Crippen MR) is 67.0 cm³/mol. The fourth-order valence-electron chi connectivity index (χ4n) is 1.70. The maximum atomic E-state index is 13.6. The topological polar surface area (TPSA) is 33.1 Å². The highest BCUT2D eigenvalue weighted by Gasteiger charge is 2.28. The minimum absolute atomic E-state index is 0.217. The lowest BCUT2D eigenvalue weighted by atomic mass is 9.89. The van der Waals surface area contributed by atoms with Gasteiger partial charge in [-0.05, 0) is 30.7 Å². The number of aliphatic hydroxyl groups is 1. The summed E-state index contributed by atoms with van der Waals surface area (Å²) in [6.45, 7) is 1.56. The van der Waals surface area contributed by atoms with Crippen LogP contribution in [0.3, 0.4) is 0 Å². The van der Waals surface area contributed by atoms with E-state index in [-0.39, 0.29) is 5.56 Å². The first-order valence-corrected chi connectivity index (χ1v) is 5.89. The minimum Gasteiger partial charge on any atom is -0.381 e. The van der Waals surface area contributed by atoms with E-state index in [4.69, 9.17) is 0 Å². The largest absolute Gasteiger partial charge is 0.381 e. The highest BCUT2D eigenvalue weighted by molar-refractivity contribution is 9.10. The fraction of sp³-hybridized carbons (Fsp3) is 0.154. The molecule has 0 fully saturated rings.